The SMILES string of the molecule is CC(C)c1c(C(=O)Nc2ccccc2)c(-c2ccccc2)c(-c2ccc(F)cc2)n1CC[C@@H](O)[C@@H](F)[C@@H](O)CC(=O)O. The van der Waals surface area contributed by atoms with E-state index in [1.165, 1.54) is 12.1 Å². The number of amides is 1. The third-order valence-corrected chi connectivity index (χ3v) is 7.06. The van der Waals surface area contributed by atoms with Crippen LogP contribution < -0.4 is 5.32 Å². The lowest BCUT2D eigenvalue weighted by Gasteiger charge is -2.22. The van der Waals surface area contributed by atoms with E-state index in [9.17, 15) is 28.6 Å². The average molecular weight is 577 g/mol. The van der Waals surface area contributed by atoms with Crippen molar-refractivity contribution in [3.8, 4) is 22.4 Å². The van der Waals surface area contributed by atoms with E-state index in [0.717, 1.165) is 5.56 Å². The number of aliphatic carboxylic acids is 1. The van der Waals surface area contributed by atoms with E-state index in [4.69, 9.17) is 5.11 Å². The smallest absolute Gasteiger partial charge is 0.306 e. The number of hydrogen-bond acceptors (Lipinski definition) is 4. The number of aliphatic hydroxyl groups is 2. The maximum atomic E-state index is 14.8. The minimum absolute atomic E-state index is 0.0278. The Balaban J connectivity index is 1.91. The van der Waals surface area contributed by atoms with E-state index >= 15 is 0 Å². The van der Waals surface area contributed by atoms with Crippen molar-refractivity contribution in [2.75, 3.05) is 5.32 Å². The van der Waals surface area contributed by atoms with Gasteiger partial charge >= 0.3 is 5.97 Å². The molecule has 1 aromatic heterocycles. The first-order valence-corrected chi connectivity index (χ1v) is 13.7. The molecule has 3 atom stereocenters. The highest BCUT2D eigenvalue weighted by molar-refractivity contribution is 6.12. The van der Waals surface area contributed by atoms with Gasteiger partial charge in [-0.2, -0.15) is 0 Å². The number of alkyl halides is 1. The quantitative estimate of drug-likeness (QED) is 0.159. The number of anilines is 1. The summed E-state index contributed by atoms with van der Waals surface area (Å²) in [6.07, 6.45) is -6.78. The molecule has 0 aliphatic rings. The molecule has 9 heteroatoms. The molecule has 42 heavy (non-hydrogen) atoms. The number of aromatic nitrogens is 1. The minimum Gasteiger partial charge on any atom is -0.481 e. The van der Waals surface area contributed by atoms with Crippen molar-refractivity contribution in [1.82, 2.24) is 4.57 Å². The first-order chi connectivity index (χ1) is 20.1. The molecular formula is C33H34F2N2O5. The van der Waals surface area contributed by atoms with Gasteiger partial charge in [-0.05, 0) is 59.9 Å². The lowest BCUT2D eigenvalue weighted by molar-refractivity contribution is -0.141. The van der Waals surface area contributed by atoms with Crippen molar-refractivity contribution in [3.63, 3.8) is 0 Å². The van der Waals surface area contributed by atoms with Gasteiger partial charge in [0.15, 0.2) is 6.17 Å². The zero-order valence-corrected chi connectivity index (χ0v) is 23.4. The van der Waals surface area contributed by atoms with Crippen LogP contribution in [0.25, 0.3) is 22.4 Å². The molecule has 0 aliphatic heterocycles. The van der Waals surface area contributed by atoms with Crippen LogP contribution in [0.3, 0.4) is 0 Å². The van der Waals surface area contributed by atoms with Crippen molar-refractivity contribution >= 4 is 17.6 Å². The van der Waals surface area contributed by atoms with Gasteiger partial charge < -0.3 is 25.2 Å². The number of rotatable bonds is 12. The van der Waals surface area contributed by atoms with Crippen LogP contribution in [-0.2, 0) is 11.3 Å². The highest BCUT2D eigenvalue weighted by Crippen LogP contribution is 2.42. The molecule has 0 aliphatic carbocycles. The number of benzene rings is 3. The molecule has 0 unspecified atom stereocenters. The zero-order valence-electron chi connectivity index (χ0n) is 23.4. The Morgan fingerprint density at radius 1 is 0.857 bits per heavy atom. The Morgan fingerprint density at radius 3 is 2.02 bits per heavy atom. The molecular weight excluding hydrogens is 542 g/mol. The van der Waals surface area contributed by atoms with Crippen molar-refractivity contribution in [1.29, 1.82) is 0 Å². The Labute approximate surface area is 243 Å². The van der Waals surface area contributed by atoms with Crippen LogP contribution in [0, 0.1) is 5.82 Å². The van der Waals surface area contributed by atoms with E-state index in [0.29, 0.717) is 33.8 Å². The van der Waals surface area contributed by atoms with Gasteiger partial charge in [0, 0.05) is 23.5 Å². The third-order valence-electron chi connectivity index (χ3n) is 7.06. The molecule has 220 valence electrons. The summed E-state index contributed by atoms with van der Waals surface area (Å²) in [4.78, 5) is 25.0. The lowest BCUT2D eigenvalue weighted by Crippen LogP contribution is -2.36. The average Bonchev–Trinajstić information content (AvgIpc) is 3.32. The van der Waals surface area contributed by atoms with Gasteiger partial charge in [-0.3, -0.25) is 9.59 Å². The number of hydrogen-bond donors (Lipinski definition) is 4. The number of carbonyl (C=O) groups excluding carboxylic acids is 1. The van der Waals surface area contributed by atoms with E-state index in [-0.39, 0.29) is 24.8 Å². The van der Waals surface area contributed by atoms with Crippen LogP contribution in [0.2, 0.25) is 0 Å². The third kappa shape index (κ3) is 6.92. The van der Waals surface area contributed by atoms with Gasteiger partial charge in [0.05, 0.1) is 29.9 Å². The summed E-state index contributed by atoms with van der Waals surface area (Å²) in [5.74, 6) is -2.40. The van der Waals surface area contributed by atoms with Gasteiger partial charge in [0.2, 0.25) is 0 Å². The number of aliphatic hydroxyl groups excluding tert-OH is 2. The summed E-state index contributed by atoms with van der Waals surface area (Å²) in [5.41, 5.74) is 4.11. The molecule has 0 saturated carbocycles. The predicted molar refractivity (Wildman–Crippen MR) is 158 cm³/mol. The van der Waals surface area contributed by atoms with Gasteiger partial charge in [0.25, 0.3) is 5.91 Å². The van der Waals surface area contributed by atoms with Crippen molar-refractivity contribution in [3.05, 3.63) is 102 Å². The molecule has 4 aromatic rings. The number of nitrogens with zero attached hydrogens (tertiary/aromatic N) is 1. The predicted octanol–water partition coefficient (Wildman–Crippen LogP) is 6.26. The molecule has 0 saturated heterocycles. The fraction of sp³-hybridized carbons (Fsp3) is 0.273. The second kappa shape index (κ2) is 13.5. The van der Waals surface area contributed by atoms with Crippen molar-refractivity contribution in [2.45, 2.75) is 57.5 Å². The zero-order chi connectivity index (χ0) is 30.4. The topological polar surface area (TPSA) is 112 Å². The number of carbonyl (C=O) groups is 2. The Hall–Kier alpha value is -4.34. The molecule has 4 rings (SSSR count). The van der Waals surface area contributed by atoms with Crippen LogP contribution in [0.5, 0.6) is 0 Å². The van der Waals surface area contributed by atoms with E-state index in [1.54, 1.807) is 36.4 Å². The maximum Gasteiger partial charge on any atom is 0.306 e. The number of carboxylic acids is 1. The Morgan fingerprint density at radius 2 is 1.45 bits per heavy atom. The summed E-state index contributed by atoms with van der Waals surface area (Å²) in [7, 11) is 0. The van der Waals surface area contributed by atoms with Gasteiger partial charge in [0.1, 0.15) is 5.82 Å². The van der Waals surface area contributed by atoms with Crippen LogP contribution >= 0.6 is 0 Å². The summed E-state index contributed by atoms with van der Waals surface area (Å²) in [5, 5.41) is 32.5. The maximum absolute atomic E-state index is 14.8. The molecule has 4 N–H and O–H groups in total. The minimum atomic E-state index is -2.19. The van der Waals surface area contributed by atoms with Crippen LogP contribution in [0.15, 0.2) is 84.9 Å². The molecule has 0 fully saturated rings. The summed E-state index contributed by atoms with van der Waals surface area (Å²) >= 11 is 0. The number of para-hydroxylation sites is 1. The fourth-order valence-electron chi connectivity index (χ4n) is 5.18. The molecule has 1 amide bonds. The van der Waals surface area contributed by atoms with E-state index < -0.39 is 36.6 Å². The summed E-state index contributed by atoms with van der Waals surface area (Å²) in [6, 6.07) is 24.1. The highest BCUT2D eigenvalue weighted by Gasteiger charge is 2.32. The van der Waals surface area contributed by atoms with Crippen LogP contribution in [-0.4, -0.2) is 50.1 Å². The first-order valence-electron chi connectivity index (χ1n) is 13.7. The second-order valence-electron chi connectivity index (χ2n) is 10.4. The molecule has 3 aromatic carbocycles. The van der Waals surface area contributed by atoms with Crippen molar-refractivity contribution < 1.29 is 33.7 Å². The Kier molecular flexibility index (Phi) is 9.88. The lowest BCUT2D eigenvalue weighted by atomic mass is 9.94. The monoisotopic (exact) mass is 576 g/mol. The van der Waals surface area contributed by atoms with Gasteiger partial charge in [-0.15, -0.1) is 0 Å². The van der Waals surface area contributed by atoms with E-state index in [1.807, 2.05) is 54.8 Å². The Bertz CT molecular complexity index is 1510. The first kappa shape index (κ1) is 30.6. The summed E-state index contributed by atoms with van der Waals surface area (Å²) < 4.78 is 30.7. The van der Waals surface area contributed by atoms with Gasteiger partial charge in [-0.1, -0.05) is 62.4 Å². The largest absolute Gasteiger partial charge is 0.481 e. The van der Waals surface area contributed by atoms with Crippen LogP contribution in [0.1, 0.15) is 48.7 Å². The summed E-state index contributed by atoms with van der Waals surface area (Å²) in [6.45, 7) is 3.86. The normalized spacial score (nSPS) is 13.5. The molecule has 1 heterocycles. The van der Waals surface area contributed by atoms with E-state index in [2.05, 4.69) is 5.32 Å². The van der Waals surface area contributed by atoms with Crippen LogP contribution in [0.4, 0.5) is 14.5 Å². The standard InChI is InChI=1S/C33H34F2N2O5/c1-20(2)31-29(33(42)36-24-11-7-4-8-12-24)28(21-9-5-3-6-10-21)32(22-13-15-23(34)16-14-22)37(31)18-17-25(38)30(35)26(39)19-27(40)41/h3-16,20,25-26,30,38-39H,17-19H2,1-2H3,(H,36,42)(H,40,41)/t25-,26+,30-/m1/s1. The fourth-order valence-corrected chi connectivity index (χ4v) is 5.18. The number of nitrogens with one attached hydrogen (secondary N) is 1. The molecule has 0 radical (unpaired) electrons. The van der Waals surface area contributed by atoms with Crippen molar-refractivity contribution in [2.24, 2.45) is 0 Å². The number of halogens is 2. The van der Waals surface area contributed by atoms with Gasteiger partial charge in [-0.25, -0.2) is 8.78 Å². The molecule has 0 spiro atoms. The molecule has 7 nitrogen and oxygen atoms in total. The highest BCUT2D eigenvalue weighted by atomic mass is 19.1. The number of carboxylic acid groups (broad SMARTS) is 1. The second-order valence-corrected chi connectivity index (χ2v) is 10.4. The molecule has 0 bridgehead atoms.